The smallest absolute Gasteiger partial charge is 0.339 e. The van der Waals surface area contributed by atoms with E-state index in [-0.39, 0.29) is 22.6 Å². The Kier molecular flexibility index (Phi) is 6.80. The number of aryl methyl sites for hydroxylation is 3. The van der Waals surface area contributed by atoms with Crippen LogP contribution < -0.4 is 0 Å². The van der Waals surface area contributed by atoms with Crippen molar-refractivity contribution in [3.05, 3.63) is 117 Å². The van der Waals surface area contributed by atoms with Crippen LogP contribution in [-0.4, -0.2) is 38.1 Å². The number of carboxylic acid groups (broad SMARTS) is 2. The molecule has 0 aromatic heterocycles. The second-order valence-electron chi connectivity index (χ2n) is 8.86. The molecule has 37 heavy (non-hydrogen) atoms. The van der Waals surface area contributed by atoms with Crippen molar-refractivity contribution in [3.63, 3.8) is 0 Å². The standard InChI is InChI=1S/C30H25NO6/c1-16-4-8-22(9-5-16)31-23-10-6-19(7-11-23)26(20-12-17(2)27(32)24(14-20)29(34)35)21-13-18(3)28(33)25(15-21)30(36)37/h4-15,32-33H,1-3H3,(H,34,35)(H,36,37). The van der Waals surface area contributed by atoms with Crippen molar-refractivity contribution in [1.82, 2.24) is 0 Å². The molecule has 0 fully saturated rings. The summed E-state index contributed by atoms with van der Waals surface area (Å²) >= 11 is 0. The summed E-state index contributed by atoms with van der Waals surface area (Å²) in [7, 11) is 0. The third kappa shape index (κ3) is 5.21. The van der Waals surface area contributed by atoms with Crippen LogP contribution in [0, 0.1) is 20.8 Å². The number of carboxylic acids is 2. The van der Waals surface area contributed by atoms with Crippen LogP contribution in [0.15, 0.2) is 83.4 Å². The maximum Gasteiger partial charge on any atom is 0.339 e. The van der Waals surface area contributed by atoms with Gasteiger partial charge < -0.3 is 20.4 Å². The number of allylic oxidation sites excluding steroid dienone is 5. The molecule has 0 saturated carbocycles. The third-order valence-corrected chi connectivity index (χ3v) is 6.09. The molecule has 0 heterocycles. The van der Waals surface area contributed by atoms with E-state index in [1.165, 1.54) is 12.1 Å². The topological polar surface area (TPSA) is 127 Å². The number of aromatic carboxylic acids is 2. The van der Waals surface area contributed by atoms with Crippen molar-refractivity contribution >= 4 is 28.9 Å². The summed E-state index contributed by atoms with van der Waals surface area (Å²) in [4.78, 5) is 28.2. The molecule has 7 nitrogen and oxygen atoms in total. The Morgan fingerprint density at radius 2 is 1.14 bits per heavy atom. The predicted octanol–water partition coefficient (Wildman–Crippen LogP) is 6.12. The normalized spacial score (nSPS) is 12.5. The Morgan fingerprint density at radius 1 is 0.676 bits per heavy atom. The molecule has 0 unspecified atom stereocenters. The lowest BCUT2D eigenvalue weighted by atomic mass is 9.87. The van der Waals surface area contributed by atoms with Crippen LogP contribution in [0.1, 0.15) is 48.5 Å². The molecule has 186 valence electrons. The first-order valence-corrected chi connectivity index (χ1v) is 11.5. The van der Waals surface area contributed by atoms with Crippen molar-refractivity contribution in [2.75, 3.05) is 0 Å². The van der Waals surface area contributed by atoms with Gasteiger partial charge in [-0.2, -0.15) is 0 Å². The zero-order valence-corrected chi connectivity index (χ0v) is 20.5. The maximum absolute atomic E-state index is 11.8. The van der Waals surface area contributed by atoms with Crippen molar-refractivity contribution < 1.29 is 30.0 Å². The third-order valence-electron chi connectivity index (χ3n) is 6.09. The Morgan fingerprint density at radius 3 is 1.57 bits per heavy atom. The summed E-state index contributed by atoms with van der Waals surface area (Å²) in [5, 5.41) is 39.9. The Bertz CT molecular complexity index is 1470. The van der Waals surface area contributed by atoms with Crippen LogP contribution >= 0.6 is 0 Å². The second kappa shape index (κ2) is 9.99. The van der Waals surface area contributed by atoms with Crippen LogP contribution in [0.4, 0.5) is 5.69 Å². The number of benzene rings is 3. The fourth-order valence-corrected chi connectivity index (χ4v) is 4.14. The molecule has 0 spiro atoms. The van der Waals surface area contributed by atoms with Gasteiger partial charge in [0.25, 0.3) is 0 Å². The van der Waals surface area contributed by atoms with Gasteiger partial charge in [0.2, 0.25) is 0 Å². The highest BCUT2D eigenvalue weighted by atomic mass is 16.4. The van der Waals surface area contributed by atoms with E-state index in [2.05, 4.69) is 4.99 Å². The van der Waals surface area contributed by atoms with Gasteiger partial charge in [-0.05, 0) is 103 Å². The zero-order valence-electron chi connectivity index (χ0n) is 20.5. The van der Waals surface area contributed by atoms with Gasteiger partial charge in [0.15, 0.2) is 0 Å². The van der Waals surface area contributed by atoms with Gasteiger partial charge in [-0.3, -0.25) is 0 Å². The summed E-state index contributed by atoms with van der Waals surface area (Å²) in [5.41, 5.74) is 4.94. The number of aliphatic imine (C=N–C) groups is 1. The number of nitrogens with zero attached hydrogens (tertiary/aromatic N) is 1. The first-order valence-electron chi connectivity index (χ1n) is 11.5. The molecular weight excluding hydrogens is 470 g/mol. The number of aromatic hydroxyl groups is 2. The second-order valence-corrected chi connectivity index (χ2v) is 8.86. The van der Waals surface area contributed by atoms with Gasteiger partial charge in [-0.1, -0.05) is 29.8 Å². The fraction of sp³-hybridized carbons (Fsp3) is 0.100. The quantitative estimate of drug-likeness (QED) is 0.338. The minimum atomic E-state index is -1.29. The summed E-state index contributed by atoms with van der Waals surface area (Å²) in [6, 6.07) is 13.8. The lowest BCUT2D eigenvalue weighted by molar-refractivity contribution is 0.0682. The molecule has 4 rings (SSSR count). The largest absolute Gasteiger partial charge is 0.507 e. The Labute approximate surface area is 213 Å². The van der Waals surface area contributed by atoms with E-state index < -0.39 is 11.9 Å². The molecule has 7 heteroatoms. The van der Waals surface area contributed by atoms with E-state index in [1.807, 2.05) is 55.5 Å². The monoisotopic (exact) mass is 495 g/mol. The summed E-state index contributed by atoms with van der Waals surface area (Å²) < 4.78 is 0. The van der Waals surface area contributed by atoms with Crippen LogP contribution in [0.3, 0.4) is 0 Å². The summed E-state index contributed by atoms with van der Waals surface area (Å²) in [5.74, 6) is -3.25. The lowest BCUT2D eigenvalue weighted by Crippen LogP contribution is -2.05. The van der Waals surface area contributed by atoms with Crippen LogP contribution in [0.2, 0.25) is 0 Å². The number of phenols is 2. The Balaban J connectivity index is 1.93. The van der Waals surface area contributed by atoms with Crippen molar-refractivity contribution in [2.45, 2.75) is 20.8 Å². The minimum absolute atomic E-state index is 0.271. The predicted molar refractivity (Wildman–Crippen MR) is 142 cm³/mol. The molecule has 0 atom stereocenters. The van der Waals surface area contributed by atoms with E-state index in [1.54, 1.807) is 26.0 Å². The zero-order chi connectivity index (χ0) is 26.9. The molecule has 4 N–H and O–H groups in total. The molecule has 0 bridgehead atoms. The molecule has 1 aliphatic rings. The van der Waals surface area contributed by atoms with E-state index in [0.717, 1.165) is 11.3 Å². The van der Waals surface area contributed by atoms with Gasteiger partial charge in [-0.15, -0.1) is 0 Å². The first kappa shape index (κ1) is 25.2. The van der Waals surface area contributed by atoms with Gasteiger partial charge in [0, 0.05) is 0 Å². The molecule has 1 aliphatic carbocycles. The van der Waals surface area contributed by atoms with Gasteiger partial charge in [0.05, 0.1) is 11.4 Å². The van der Waals surface area contributed by atoms with Crippen molar-refractivity contribution in [1.29, 1.82) is 0 Å². The molecule has 0 saturated heterocycles. The minimum Gasteiger partial charge on any atom is -0.507 e. The van der Waals surface area contributed by atoms with E-state index in [4.69, 9.17) is 0 Å². The van der Waals surface area contributed by atoms with Gasteiger partial charge in [-0.25, -0.2) is 14.6 Å². The van der Waals surface area contributed by atoms with Crippen LogP contribution in [-0.2, 0) is 0 Å². The number of hydrogen-bond donors (Lipinski definition) is 4. The maximum atomic E-state index is 11.8. The van der Waals surface area contributed by atoms with Crippen molar-refractivity contribution in [2.24, 2.45) is 4.99 Å². The first-order chi connectivity index (χ1) is 17.5. The summed E-state index contributed by atoms with van der Waals surface area (Å²) in [6.45, 7) is 5.19. The number of carbonyl (C=O) groups is 2. The van der Waals surface area contributed by atoms with Crippen LogP contribution in [0.25, 0.3) is 5.57 Å². The summed E-state index contributed by atoms with van der Waals surface area (Å²) in [6.07, 6.45) is 7.25. The Hall–Kier alpha value is -4.91. The highest BCUT2D eigenvalue weighted by Crippen LogP contribution is 2.37. The SMILES string of the molecule is Cc1ccc(N=C2C=CC(=C(c3cc(C)c(O)c(C(=O)O)c3)c3cc(C)c(O)c(C(=O)O)c3)C=C2)cc1. The molecule has 0 amide bonds. The molecule has 0 radical (unpaired) electrons. The van der Waals surface area contributed by atoms with Gasteiger partial charge >= 0.3 is 11.9 Å². The van der Waals surface area contributed by atoms with Gasteiger partial charge in [0.1, 0.15) is 22.6 Å². The molecule has 3 aromatic carbocycles. The molecule has 0 aliphatic heterocycles. The van der Waals surface area contributed by atoms with E-state index in [9.17, 15) is 30.0 Å². The molecule has 3 aromatic rings. The average molecular weight is 496 g/mol. The highest BCUT2D eigenvalue weighted by molar-refractivity contribution is 6.08. The number of hydrogen-bond acceptors (Lipinski definition) is 5. The fourth-order valence-electron chi connectivity index (χ4n) is 4.14. The average Bonchev–Trinajstić information content (AvgIpc) is 2.85. The van der Waals surface area contributed by atoms with Crippen molar-refractivity contribution in [3.8, 4) is 11.5 Å². The van der Waals surface area contributed by atoms with Crippen LogP contribution in [0.5, 0.6) is 11.5 Å². The lowest BCUT2D eigenvalue weighted by Gasteiger charge is -2.18. The molecular formula is C30H25NO6. The van der Waals surface area contributed by atoms with E-state index >= 15 is 0 Å². The highest BCUT2D eigenvalue weighted by Gasteiger charge is 2.21. The van der Waals surface area contributed by atoms with E-state index in [0.29, 0.717) is 39.1 Å². The number of rotatable bonds is 5.